The second-order valence-corrected chi connectivity index (χ2v) is 5.99. The van der Waals surface area contributed by atoms with Crippen molar-refractivity contribution in [3.05, 3.63) is 23.2 Å². The third-order valence-corrected chi connectivity index (χ3v) is 4.39. The highest BCUT2D eigenvalue weighted by molar-refractivity contribution is 7.89. The number of nitrogens with one attached hydrogen (secondary N) is 1. The molecule has 1 fully saturated rings. The van der Waals surface area contributed by atoms with Crippen LogP contribution in [0, 0.1) is 0 Å². The van der Waals surface area contributed by atoms with Crippen LogP contribution < -0.4 is 10.5 Å². The van der Waals surface area contributed by atoms with Gasteiger partial charge in [-0.2, -0.15) is 0 Å². The lowest BCUT2D eigenvalue weighted by atomic mass is 10.3. The van der Waals surface area contributed by atoms with Gasteiger partial charge < -0.3 is 10.5 Å². The van der Waals surface area contributed by atoms with Gasteiger partial charge in [0, 0.05) is 12.6 Å². The highest BCUT2D eigenvalue weighted by Crippen LogP contribution is 2.22. The minimum absolute atomic E-state index is 0.117. The topological polar surface area (TPSA) is 81.4 Å². The van der Waals surface area contributed by atoms with Crippen LogP contribution in [0.25, 0.3) is 0 Å². The summed E-state index contributed by atoms with van der Waals surface area (Å²) in [5, 5.41) is 0.341. The molecule has 0 aliphatic carbocycles. The maximum absolute atomic E-state index is 12.0. The fourth-order valence-corrected chi connectivity index (χ4v) is 3.01. The fraction of sp³-hybridized carbons (Fsp3) is 0.400. The summed E-state index contributed by atoms with van der Waals surface area (Å²) < 4.78 is 31.6. The number of rotatable bonds is 3. The quantitative estimate of drug-likeness (QED) is 0.807. The van der Waals surface area contributed by atoms with E-state index in [4.69, 9.17) is 22.1 Å². The first-order valence-corrected chi connectivity index (χ1v) is 7.00. The van der Waals surface area contributed by atoms with Gasteiger partial charge in [-0.15, -0.1) is 0 Å². The van der Waals surface area contributed by atoms with E-state index in [1.165, 1.54) is 18.2 Å². The van der Waals surface area contributed by atoms with Crippen molar-refractivity contribution in [3.63, 3.8) is 0 Å². The maximum Gasteiger partial charge on any atom is 0.240 e. The molecule has 1 saturated heterocycles. The first-order chi connectivity index (χ1) is 7.99. The molecule has 7 heteroatoms. The van der Waals surface area contributed by atoms with Crippen LogP contribution in [0.1, 0.15) is 6.42 Å². The summed E-state index contributed by atoms with van der Waals surface area (Å²) >= 11 is 5.74. The molecule has 1 aromatic carbocycles. The lowest BCUT2D eigenvalue weighted by Gasteiger charge is -2.12. The van der Waals surface area contributed by atoms with E-state index in [9.17, 15) is 8.42 Å². The van der Waals surface area contributed by atoms with Crippen molar-refractivity contribution >= 4 is 27.3 Å². The van der Waals surface area contributed by atoms with E-state index < -0.39 is 10.0 Å². The van der Waals surface area contributed by atoms with Crippen LogP contribution in [0.3, 0.4) is 0 Å². The van der Waals surface area contributed by atoms with E-state index in [-0.39, 0.29) is 16.6 Å². The van der Waals surface area contributed by atoms with Crippen LogP contribution in [0.4, 0.5) is 5.69 Å². The van der Waals surface area contributed by atoms with E-state index in [0.29, 0.717) is 24.7 Å². The van der Waals surface area contributed by atoms with E-state index in [1.807, 2.05) is 0 Å². The van der Waals surface area contributed by atoms with E-state index in [2.05, 4.69) is 4.72 Å². The molecule has 0 aromatic heterocycles. The maximum atomic E-state index is 12.0. The van der Waals surface area contributed by atoms with Gasteiger partial charge >= 0.3 is 0 Å². The van der Waals surface area contributed by atoms with Crippen molar-refractivity contribution in [1.29, 1.82) is 0 Å². The van der Waals surface area contributed by atoms with Gasteiger partial charge in [0.05, 0.1) is 22.2 Å². The van der Waals surface area contributed by atoms with E-state index in [0.717, 1.165) is 0 Å². The van der Waals surface area contributed by atoms with Crippen molar-refractivity contribution in [2.75, 3.05) is 18.9 Å². The number of hydrogen-bond acceptors (Lipinski definition) is 4. The number of hydrogen-bond donors (Lipinski definition) is 2. The number of anilines is 1. The Bertz CT molecular complexity index is 512. The molecule has 0 spiro atoms. The van der Waals surface area contributed by atoms with Crippen LogP contribution in [0.5, 0.6) is 0 Å². The number of halogens is 1. The van der Waals surface area contributed by atoms with Gasteiger partial charge in [0.15, 0.2) is 0 Å². The zero-order chi connectivity index (χ0) is 12.5. The number of nitrogens with two attached hydrogens (primary N) is 1. The Balaban J connectivity index is 2.21. The molecular formula is C10H13ClN2O3S. The first-order valence-electron chi connectivity index (χ1n) is 5.14. The first kappa shape index (κ1) is 12.6. The van der Waals surface area contributed by atoms with Crippen LogP contribution in [0.15, 0.2) is 23.1 Å². The summed E-state index contributed by atoms with van der Waals surface area (Å²) in [6, 6.07) is 4.07. The second kappa shape index (κ2) is 4.81. The fourth-order valence-electron chi connectivity index (χ4n) is 1.60. The minimum atomic E-state index is -3.55. The van der Waals surface area contributed by atoms with Gasteiger partial charge in [-0.05, 0) is 24.6 Å². The average Bonchev–Trinajstić information content (AvgIpc) is 2.73. The normalized spacial score (nSPS) is 20.6. The number of ether oxygens (including phenoxy) is 1. The number of nitrogen functional groups attached to an aromatic ring is 1. The van der Waals surface area contributed by atoms with Gasteiger partial charge in [0.1, 0.15) is 0 Å². The predicted octanol–water partition coefficient (Wildman–Crippen LogP) is 0.989. The summed E-state index contributed by atoms with van der Waals surface area (Å²) in [7, 11) is -3.55. The molecule has 5 nitrogen and oxygen atoms in total. The Labute approximate surface area is 105 Å². The van der Waals surface area contributed by atoms with E-state index >= 15 is 0 Å². The summed E-state index contributed by atoms with van der Waals surface area (Å²) in [5.74, 6) is 0. The minimum Gasteiger partial charge on any atom is -0.397 e. The summed E-state index contributed by atoms with van der Waals surface area (Å²) in [4.78, 5) is 0.117. The molecule has 3 N–H and O–H groups in total. The standard InChI is InChI=1S/C10H13ClN2O3S/c11-9-2-1-8(5-10(9)12)17(14,15)13-7-3-4-16-6-7/h1-2,5,7,13H,3-4,6,12H2. The molecule has 0 amide bonds. The Morgan fingerprint density at radius 2 is 2.24 bits per heavy atom. The highest BCUT2D eigenvalue weighted by Gasteiger charge is 2.23. The van der Waals surface area contributed by atoms with Gasteiger partial charge in [-0.3, -0.25) is 0 Å². The van der Waals surface area contributed by atoms with Crippen molar-refractivity contribution in [2.24, 2.45) is 0 Å². The lowest BCUT2D eigenvalue weighted by Crippen LogP contribution is -2.35. The van der Waals surface area contributed by atoms with Crippen molar-refractivity contribution in [3.8, 4) is 0 Å². The molecule has 1 aromatic rings. The molecule has 1 unspecified atom stereocenters. The predicted molar refractivity (Wildman–Crippen MR) is 65.4 cm³/mol. The molecule has 2 rings (SSSR count). The van der Waals surface area contributed by atoms with Crippen LogP contribution >= 0.6 is 11.6 Å². The molecule has 1 aliphatic rings. The summed E-state index contributed by atoms with van der Waals surface area (Å²) in [6.45, 7) is 0.984. The zero-order valence-electron chi connectivity index (χ0n) is 9.02. The Hall–Kier alpha value is -0.820. The van der Waals surface area contributed by atoms with Gasteiger partial charge in [-0.25, -0.2) is 13.1 Å². The molecule has 17 heavy (non-hydrogen) atoms. The molecule has 0 bridgehead atoms. The Morgan fingerprint density at radius 3 is 2.82 bits per heavy atom. The molecule has 1 heterocycles. The molecular weight excluding hydrogens is 264 g/mol. The highest BCUT2D eigenvalue weighted by atomic mass is 35.5. The van der Waals surface area contributed by atoms with Gasteiger partial charge in [-0.1, -0.05) is 11.6 Å². The smallest absolute Gasteiger partial charge is 0.240 e. The lowest BCUT2D eigenvalue weighted by molar-refractivity contribution is 0.192. The number of sulfonamides is 1. The third-order valence-electron chi connectivity index (χ3n) is 2.53. The summed E-state index contributed by atoms with van der Waals surface area (Å²) in [5.41, 5.74) is 5.82. The Kier molecular flexibility index (Phi) is 3.58. The molecule has 0 saturated carbocycles. The molecule has 94 valence electrons. The zero-order valence-corrected chi connectivity index (χ0v) is 10.6. The van der Waals surface area contributed by atoms with Crippen molar-refractivity contribution < 1.29 is 13.2 Å². The largest absolute Gasteiger partial charge is 0.397 e. The van der Waals surface area contributed by atoms with E-state index in [1.54, 1.807) is 0 Å². The Morgan fingerprint density at radius 1 is 1.47 bits per heavy atom. The monoisotopic (exact) mass is 276 g/mol. The molecule has 1 atom stereocenters. The molecule has 1 aliphatic heterocycles. The van der Waals surface area contributed by atoms with Crippen molar-refractivity contribution in [2.45, 2.75) is 17.4 Å². The SMILES string of the molecule is Nc1cc(S(=O)(=O)NC2CCOC2)ccc1Cl. The van der Waals surface area contributed by atoms with Crippen molar-refractivity contribution in [1.82, 2.24) is 4.72 Å². The second-order valence-electron chi connectivity index (χ2n) is 3.87. The number of benzene rings is 1. The average molecular weight is 277 g/mol. The van der Waals surface area contributed by atoms with Crippen LogP contribution in [-0.2, 0) is 14.8 Å². The molecule has 0 radical (unpaired) electrons. The van der Waals surface area contributed by atoms with Gasteiger partial charge in [0.2, 0.25) is 10.0 Å². The third kappa shape index (κ3) is 2.90. The van der Waals surface area contributed by atoms with Crippen LogP contribution in [-0.4, -0.2) is 27.7 Å². The van der Waals surface area contributed by atoms with Gasteiger partial charge in [0.25, 0.3) is 0 Å². The summed E-state index contributed by atoms with van der Waals surface area (Å²) in [6.07, 6.45) is 0.683. The van der Waals surface area contributed by atoms with Crippen LogP contribution in [0.2, 0.25) is 5.02 Å².